The Morgan fingerprint density at radius 3 is 2.63 bits per heavy atom. The maximum absolute atomic E-state index is 4.10. The van der Waals surface area contributed by atoms with Gasteiger partial charge in [0, 0.05) is 12.4 Å². The number of rotatable bonds is 3. The van der Waals surface area contributed by atoms with E-state index >= 15 is 0 Å². The second-order valence-corrected chi connectivity index (χ2v) is 4.57. The molecular weight excluding hydrogens is 230 g/mol. The third-order valence-electron chi connectivity index (χ3n) is 3.16. The van der Waals surface area contributed by atoms with Crippen molar-refractivity contribution in [1.82, 2.24) is 4.98 Å². The molecule has 0 aliphatic rings. The maximum Gasteiger partial charge on any atom is 0.0340 e. The van der Waals surface area contributed by atoms with Gasteiger partial charge in [0.1, 0.15) is 0 Å². The number of aromatic nitrogens is 1. The normalized spacial score (nSPS) is 11.2. The summed E-state index contributed by atoms with van der Waals surface area (Å²) in [6, 6.07) is 19.1. The highest BCUT2D eigenvalue weighted by atomic mass is 14.6. The lowest BCUT2D eigenvalue weighted by molar-refractivity contribution is 1.28. The summed E-state index contributed by atoms with van der Waals surface area (Å²) in [5.41, 5.74) is 2.47. The molecule has 0 bridgehead atoms. The summed E-state index contributed by atoms with van der Waals surface area (Å²) < 4.78 is 0. The lowest BCUT2D eigenvalue weighted by Crippen LogP contribution is -1.82. The van der Waals surface area contributed by atoms with Crippen LogP contribution in [0.5, 0.6) is 0 Å². The molecule has 3 rings (SSSR count). The molecule has 0 unspecified atom stereocenters. The van der Waals surface area contributed by atoms with E-state index in [0.717, 1.165) is 12.0 Å². The van der Waals surface area contributed by atoms with Crippen LogP contribution < -0.4 is 0 Å². The Labute approximate surface area is 113 Å². The van der Waals surface area contributed by atoms with Crippen LogP contribution in [-0.2, 0) is 6.42 Å². The first-order chi connectivity index (χ1) is 9.42. The minimum atomic E-state index is 0.944. The molecule has 1 heterocycles. The van der Waals surface area contributed by atoms with Gasteiger partial charge in [-0.15, -0.1) is 0 Å². The van der Waals surface area contributed by atoms with E-state index in [0.29, 0.717) is 0 Å². The molecule has 2 aromatic carbocycles. The molecule has 0 spiro atoms. The number of nitrogens with zero attached hydrogens (tertiary/aromatic N) is 1. The fraction of sp³-hybridized carbons (Fsp3) is 0.0556. The van der Waals surface area contributed by atoms with Crippen LogP contribution in [0.3, 0.4) is 0 Å². The quantitative estimate of drug-likeness (QED) is 0.662. The van der Waals surface area contributed by atoms with Crippen LogP contribution in [0.15, 0.2) is 73.1 Å². The number of hydrogen-bond acceptors (Lipinski definition) is 1. The van der Waals surface area contributed by atoms with Crippen molar-refractivity contribution in [3.63, 3.8) is 0 Å². The first kappa shape index (κ1) is 11.7. The largest absolute Gasteiger partial charge is 0.264 e. The maximum atomic E-state index is 4.10. The van der Waals surface area contributed by atoms with Gasteiger partial charge in [0.15, 0.2) is 0 Å². The van der Waals surface area contributed by atoms with Crippen LogP contribution >= 0.6 is 0 Å². The first-order valence-corrected chi connectivity index (χ1v) is 6.46. The molecule has 0 fully saturated rings. The van der Waals surface area contributed by atoms with Crippen LogP contribution in [0.25, 0.3) is 16.8 Å². The average Bonchev–Trinajstić information content (AvgIpc) is 2.48. The van der Waals surface area contributed by atoms with E-state index < -0.39 is 0 Å². The Morgan fingerprint density at radius 1 is 0.895 bits per heavy atom. The molecule has 1 aromatic heterocycles. The van der Waals surface area contributed by atoms with Crippen molar-refractivity contribution in [3.8, 4) is 0 Å². The Hall–Kier alpha value is -2.41. The number of allylic oxidation sites excluding steroid dienone is 1. The molecule has 0 atom stereocenters. The van der Waals surface area contributed by atoms with Crippen molar-refractivity contribution in [2.75, 3.05) is 0 Å². The van der Waals surface area contributed by atoms with E-state index in [2.05, 4.69) is 65.7 Å². The van der Waals surface area contributed by atoms with E-state index in [1.807, 2.05) is 12.3 Å². The van der Waals surface area contributed by atoms with Gasteiger partial charge in [-0.25, -0.2) is 0 Å². The highest BCUT2D eigenvalue weighted by Gasteiger charge is 1.94. The highest BCUT2D eigenvalue weighted by Crippen LogP contribution is 2.16. The lowest BCUT2D eigenvalue weighted by Gasteiger charge is -2.01. The van der Waals surface area contributed by atoms with Gasteiger partial charge in [0.2, 0.25) is 0 Å². The monoisotopic (exact) mass is 245 g/mol. The van der Waals surface area contributed by atoms with Gasteiger partial charge in [0.25, 0.3) is 0 Å². The third-order valence-corrected chi connectivity index (χ3v) is 3.16. The fourth-order valence-electron chi connectivity index (χ4n) is 2.17. The number of pyridine rings is 1. The molecule has 1 nitrogen and oxygen atoms in total. The predicted octanol–water partition coefficient (Wildman–Crippen LogP) is 4.49. The summed E-state index contributed by atoms with van der Waals surface area (Å²) in [5.74, 6) is 0. The zero-order valence-electron chi connectivity index (χ0n) is 10.7. The van der Waals surface area contributed by atoms with Crippen LogP contribution in [0, 0.1) is 0 Å². The van der Waals surface area contributed by atoms with Crippen molar-refractivity contribution in [2.45, 2.75) is 6.42 Å². The summed E-state index contributed by atoms with van der Waals surface area (Å²) in [5, 5.41) is 2.59. The Bertz CT molecular complexity index is 699. The second-order valence-electron chi connectivity index (χ2n) is 4.57. The minimum Gasteiger partial charge on any atom is -0.264 e. The topological polar surface area (TPSA) is 12.9 Å². The van der Waals surface area contributed by atoms with E-state index in [9.17, 15) is 0 Å². The molecule has 0 radical (unpaired) electrons. The Kier molecular flexibility index (Phi) is 3.37. The van der Waals surface area contributed by atoms with Crippen molar-refractivity contribution in [3.05, 3.63) is 84.2 Å². The Morgan fingerprint density at radius 2 is 1.79 bits per heavy atom. The molecule has 0 amide bonds. The number of hydrogen-bond donors (Lipinski definition) is 0. The summed E-state index contributed by atoms with van der Waals surface area (Å²) in [6.07, 6.45) is 8.90. The third kappa shape index (κ3) is 2.89. The van der Waals surface area contributed by atoms with Crippen LogP contribution in [0.4, 0.5) is 0 Å². The van der Waals surface area contributed by atoms with E-state index in [1.54, 1.807) is 6.20 Å². The van der Waals surface area contributed by atoms with Gasteiger partial charge >= 0.3 is 0 Å². The van der Waals surface area contributed by atoms with Gasteiger partial charge in [-0.05, 0) is 34.4 Å². The molecule has 0 aliphatic carbocycles. The minimum absolute atomic E-state index is 0.944. The Balaban J connectivity index is 1.77. The standard InChI is InChI=1S/C18H15N/c1-2-9-18-13-15(10-11-17(18)8-1)5-3-6-16-7-4-12-19-14-16/h1-4,6-14H,5H2/b6-3-. The molecule has 0 aliphatic heterocycles. The van der Waals surface area contributed by atoms with E-state index in [-0.39, 0.29) is 0 Å². The summed E-state index contributed by atoms with van der Waals surface area (Å²) >= 11 is 0. The predicted molar refractivity (Wildman–Crippen MR) is 80.9 cm³/mol. The molecule has 1 heteroatoms. The van der Waals surface area contributed by atoms with Gasteiger partial charge in [-0.1, -0.05) is 60.7 Å². The van der Waals surface area contributed by atoms with Crippen LogP contribution in [-0.4, -0.2) is 4.98 Å². The first-order valence-electron chi connectivity index (χ1n) is 6.46. The number of benzene rings is 2. The van der Waals surface area contributed by atoms with Crippen molar-refractivity contribution < 1.29 is 0 Å². The van der Waals surface area contributed by atoms with Gasteiger partial charge < -0.3 is 0 Å². The molecule has 19 heavy (non-hydrogen) atoms. The SMILES string of the molecule is C(=C/c1cccnc1)/Cc1ccc2ccccc2c1. The van der Waals surface area contributed by atoms with E-state index in [1.165, 1.54) is 16.3 Å². The van der Waals surface area contributed by atoms with Gasteiger partial charge in [-0.3, -0.25) is 4.98 Å². The van der Waals surface area contributed by atoms with Gasteiger partial charge in [0.05, 0.1) is 0 Å². The summed E-state index contributed by atoms with van der Waals surface area (Å²) in [7, 11) is 0. The van der Waals surface area contributed by atoms with Crippen molar-refractivity contribution in [1.29, 1.82) is 0 Å². The molecule has 0 saturated carbocycles. The summed E-state index contributed by atoms with van der Waals surface area (Å²) in [4.78, 5) is 4.10. The van der Waals surface area contributed by atoms with Crippen molar-refractivity contribution >= 4 is 16.8 Å². The fourth-order valence-corrected chi connectivity index (χ4v) is 2.17. The van der Waals surface area contributed by atoms with Crippen LogP contribution in [0.1, 0.15) is 11.1 Å². The zero-order chi connectivity index (χ0) is 12.9. The zero-order valence-corrected chi connectivity index (χ0v) is 10.7. The number of fused-ring (bicyclic) bond motifs is 1. The highest BCUT2D eigenvalue weighted by molar-refractivity contribution is 5.83. The smallest absolute Gasteiger partial charge is 0.0340 e. The lowest BCUT2D eigenvalue weighted by atomic mass is 10.0. The molecule has 3 aromatic rings. The van der Waals surface area contributed by atoms with E-state index in [4.69, 9.17) is 0 Å². The van der Waals surface area contributed by atoms with Gasteiger partial charge in [-0.2, -0.15) is 0 Å². The molecule has 0 N–H and O–H groups in total. The second kappa shape index (κ2) is 5.49. The van der Waals surface area contributed by atoms with Crippen molar-refractivity contribution in [2.24, 2.45) is 0 Å². The molecular formula is C18H15N. The molecule has 92 valence electrons. The van der Waals surface area contributed by atoms with Crippen LogP contribution in [0.2, 0.25) is 0 Å². The average molecular weight is 245 g/mol. The molecule has 0 saturated heterocycles. The summed E-state index contributed by atoms with van der Waals surface area (Å²) in [6.45, 7) is 0.